The maximum atomic E-state index is 11.0. The van der Waals surface area contributed by atoms with Crippen LogP contribution in [0.1, 0.15) is 0 Å². The molecule has 0 aliphatic heterocycles. The molecule has 2 aliphatic carbocycles. The van der Waals surface area contributed by atoms with Crippen LogP contribution in [0.2, 0.25) is 0 Å². The van der Waals surface area contributed by atoms with Crippen molar-refractivity contribution in [3.05, 3.63) is 70.6 Å². The summed E-state index contributed by atoms with van der Waals surface area (Å²) < 4.78 is 18.2. The molecule has 0 fully saturated rings. The molecule has 0 heterocycles. The first-order valence-electron chi connectivity index (χ1n) is 7.28. The summed E-state index contributed by atoms with van der Waals surface area (Å²) in [4.78, 5) is 22.0. The van der Waals surface area contributed by atoms with Gasteiger partial charge in [-0.05, 0) is 36.5 Å². The number of esters is 2. The van der Waals surface area contributed by atoms with E-state index in [1.165, 1.54) is 40.6 Å². The smallest absolute Gasteiger partial charge is 0.337 e. The van der Waals surface area contributed by atoms with Crippen molar-refractivity contribution >= 4 is 11.9 Å². The van der Waals surface area contributed by atoms with Crippen LogP contribution in [0.25, 0.3) is 0 Å². The molecule has 0 bridgehead atoms. The number of rotatable bonds is 4. The molecule has 2 aliphatic rings. The van der Waals surface area contributed by atoms with E-state index in [4.69, 9.17) is 10.2 Å². The summed E-state index contributed by atoms with van der Waals surface area (Å²) in [7, 11) is 5.30. The molecule has 2 N–H and O–H groups in total. The number of aliphatic hydroxyl groups excluding tert-OH is 2. The normalized spacial score (nSPS) is 17.5. The fourth-order valence-electron chi connectivity index (χ4n) is 1.88. The number of aliphatic hydroxyl groups is 2. The number of carbonyl (C=O) groups is 2. The summed E-state index contributed by atoms with van der Waals surface area (Å²) in [6.45, 7) is 0. The summed E-state index contributed by atoms with van der Waals surface area (Å²) in [5, 5.41) is 18.3. The van der Waals surface area contributed by atoms with E-state index in [0.29, 0.717) is 22.3 Å². The van der Waals surface area contributed by atoms with Gasteiger partial charge in [0.05, 0.1) is 50.7 Å². The summed E-state index contributed by atoms with van der Waals surface area (Å²) in [6.07, 6.45) is 9.23. The van der Waals surface area contributed by atoms with Crippen molar-refractivity contribution in [3.8, 4) is 0 Å². The molecule has 0 spiro atoms. The van der Waals surface area contributed by atoms with E-state index >= 15 is 0 Å². The zero-order valence-electron chi connectivity index (χ0n) is 15.2. The van der Waals surface area contributed by atoms with Crippen LogP contribution in [0.5, 0.6) is 0 Å². The molecule has 0 saturated heterocycles. The van der Waals surface area contributed by atoms with Crippen molar-refractivity contribution in [2.75, 3.05) is 28.4 Å². The zero-order valence-corrected chi connectivity index (χ0v) is 16.3. The van der Waals surface area contributed by atoms with Crippen molar-refractivity contribution in [2.45, 2.75) is 0 Å². The van der Waals surface area contributed by atoms with Crippen LogP contribution >= 0.6 is 0 Å². The van der Waals surface area contributed by atoms with Gasteiger partial charge in [0, 0.05) is 17.1 Å². The quantitative estimate of drug-likeness (QED) is 0.404. The topological polar surface area (TPSA) is 112 Å². The van der Waals surface area contributed by atoms with E-state index in [9.17, 15) is 9.59 Å². The molecule has 8 nitrogen and oxygen atoms in total. The predicted octanol–water partition coefficient (Wildman–Crippen LogP) is 2.14. The van der Waals surface area contributed by atoms with Gasteiger partial charge in [-0.25, -0.2) is 9.59 Å². The minimum atomic E-state index is -0.435. The third-order valence-corrected chi connectivity index (χ3v) is 3.23. The molecule has 0 radical (unpaired) electrons. The van der Waals surface area contributed by atoms with E-state index in [-0.39, 0.29) is 29.0 Å². The van der Waals surface area contributed by atoms with Crippen molar-refractivity contribution in [1.29, 1.82) is 0 Å². The van der Waals surface area contributed by atoms with E-state index in [2.05, 4.69) is 18.9 Å². The van der Waals surface area contributed by atoms with E-state index in [1.54, 1.807) is 24.3 Å². The number of hydrogen-bond donors (Lipinski definition) is 2. The van der Waals surface area contributed by atoms with Crippen molar-refractivity contribution in [1.82, 2.24) is 0 Å². The summed E-state index contributed by atoms with van der Waals surface area (Å²) in [5.41, 5.74) is 1.70. The van der Waals surface area contributed by atoms with Crippen LogP contribution in [-0.4, -0.2) is 50.6 Å². The molecule has 0 aromatic carbocycles. The molecule has 0 saturated carbocycles. The van der Waals surface area contributed by atoms with Crippen molar-refractivity contribution in [2.24, 2.45) is 0 Å². The Hall–Kier alpha value is -2.90. The molecule has 27 heavy (non-hydrogen) atoms. The first-order chi connectivity index (χ1) is 12.4. The van der Waals surface area contributed by atoms with Crippen LogP contribution in [0.3, 0.4) is 0 Å². The van der Waals surface area contributed by atoms with Crippen LogP contribution in [0.15, 0.2) is 70.6 Å². The summed E-state index contributed by atoms with van der Waals surface area (Å²) >= 11 is 0. The molecular formula is C18H20FeO8. The summed E-state index contributed by atoms with van der Waals surface area (Å²) in [6, 6.07) is 0. The molecule has 0 unspecified atom stereocenters. The number of allylic oxidation sites excluding steroid dienone is 6. The maximum Gasteiger partial charge on any atom is 0.337 e. The van der Waals surface area contributed by atoms with Crippen LogP contribution in [0, 0.1) is 0 Å². The van der Waals surface area contributed by atoms with Crippen molar-refractivity contribution in [3.63, 3.8) is 0 Å². The van der Waals surface area contributed by atoms with Gasteiger partial charge in [-0.2, -0.15) is 0 Å². The van der Waals surface area contributed by atoms with Gasteiger partial charge in [0.15, 0.2) is 0 Å². The van der Waals surface area contributed by atoms with Gasteiger partial charge in [-0.1, -0.05) is 0 Å². The summed E-state index contributed by atoms with van der Waals surface area (Å²) in [5.74, 6) is -1.30. The van der Waals surface area contributed by atoms with E-state index in [0.717, 1.165) is 0 Å². The molecule has 0 amide bonds. The van der Waals surface area contributed by atoms with Gasteiger partial charge in [0.1, 0.15) is 0 Å². The third kappa shape index (κ3) is 6.73. The second kappa shape index (κ2) is 11.7. The average Bonchev–Trinajstić information content (AvgIpc) is 3.35. The molecular weight excluding hydrogens is 400 g/mol. The second-order valence-corrected chi connectivity index (χ2v) is 4.78. The largest absolute Gasteiger partial charge is 0.481 e. The van der Waals surface area contributed by atoms with E-state index < -0.39 is 11.9 Å². The Morgan fingerprint density at radius 1 is 0.667 bits per heavy atom. The number of carbonyl (C=O) groups excluding carboxylic acids is 2. The number of hydrogen-bond acceptors (Lipinski definition) is 8. The first-order valence-corrected chi connectivity index (χ1v) is 7.28. The zero-order chi connectivity index (χ0) is 19.7. The Bertz CT molecular complexity index is 689. The van der Waals surface area contributed by atoms with Crippen LogP contribution < -0.4 is 0 Å². The van der Waals surface area contributed by atoms with Gasteiger partial charge in [0.25, 0.3) is 11.9 Å². The number of methoxy groups -OCH3 is 4. The van der Waals surface area contributed by atoms with Gasteiger partial charge < -0.3 is 29.2 Å². The Kier molecular flexibility index (Phi) is 10.4. The second-order valence-electron chi connectivity index (χ2n) is 4.78. The molecule has 0 aromatic rings. The fraction of sp³-hybridized carbons (Fsp3) is 0.222. The molecule has 0 aromatic heterocycles. The fourth-order valence-corrected chi connectivity index (χ4v) is 1.88. The third-order valence-electron chi connectivity index (χ3n) is 3.23. The Morgan fingerprint density at radius 2 is 1.00 bits per heavy atom. The van der Waals surface area contributed by atoms with E-state index in [1.807, 2.05) is 0 Å². The molecule has 2 rings (SSSR count). The van der Waals surface area contributed by atoms with Crippen molar-refractivity contribution < 1.29 is 55.8 Å². The van der Waals surface area contributed by atoms with Crippen LogP contribution in [0.4, 0.5) is 0 Å². The van der Waals surface area contributed by atoms with Gasteiger partial charge >= 0.3 is 11.9 Å². The Balaban J connectivity index is 0.000000483. The monoisotopic (exact) mass is 420 g/mol. The van der Waals surface area contributed by atoms with Gasteiger partial charge in [0.2, 0.25) is 0 Å². The minimum Gasteiger partial charge on any atom is -0.481 e. The minimum absolute atomic E-state index is 0. The average molecular weight is 420 g/mol. The van der Waals surface area contributed by atoms with Gasteiger partial charge in [-0.15, -0.1) is 0 Å². The first kappa shape index (κ1) is 24.1. The molecule has 9 heteroatoms. The number of ether oxygens (including phenoxy) is 4. The maximum absolute atomic E-state index is 11.0. The Labute approximate surface area is 167 Å². The SMILES string of the molecule is COC(=O)C1=C/C(=C(\O)OC)C=C1.COC(=O)C1=C/C(=C(\O)OC)C=C1.[Fe]. The standard InChI is InChI=1S/2C9H10O4.Fe/c2*1-12-8(10)6-3-4-7(5-6)9(11)13-2;/h2*3-5,10H,1-2H3;/b2*8-6+;. The molecule has 148 valence electrons. The predicted molar refractivity (Wildman–Crippen MR) is 91.8 cm³/mol. The molecule has 0 atom stereocenters. The van der Waals surface area contributed by atoms with Crippen LogP contribution in [-0.2, 0) is 45.6 Å². The van der Waals surface area contributed by atoms with Gasteiger partial charge in [-0.3, -0.25) is 0 Å². The Morgan fingerprint density at radius 3 is 1.26 bits per heavy atom.